The van der Waals surface area contributed by atoms with Gasteiger partial charge in [-0.1, -0.05) is 23.9 Å². The van der Waals surface area contributed by atoms with Crippen LogP contribution in [0.1, 0.15) is 13.3 Å². The third-order valence-electron chi connectivity index (χ3n) is 4.98. The standard InChI is InChI=1S/C19H25N3O5S2/c1-3-21(14-8-11-29(25,26)13-14)17(23)12-28-19-20-16-7-5-4-6-15(16)18(24)22(19)9-10-27-2/h4-7,14H,3,8-13H2,1-2H3/t14-/m1/s1. The van der Waals surface area contributed by atoms with Crippen LogP contribution >= 0.6 is 11.8 Å². The molecule has 2 aromatic rings. The summed E-state index contributed by atoms with van der Waals surface area (Å²) in [6, 6.07) is 6.82. The molecular formula is C19H25N3O5S2. The minimum atomic E-state index is -3.07. The number of sulfone groups is 1. The first-order valence-corrected chi connectivity index (χ1v) is 12.3. The number of aromatic nitrogens is 2. The van der Waals surface area contributed by atoms with Gasteiger partial charge in [-0.15, -0.1) is 0 Å². The van der Waals surface area contributed by atoms with Gasteiger partial charge >= 0.3 is 0 Å². The molecule has 158 valence electrons. The Morgan fingerprint density at radius 3 is 2.79 bits per heavy atom. The van der Waals surface area contributed by atoms with Gasteiger partial charge in [0.1, 0.15) is 0 Å². The number of fused-ring (bicyclic) bond motifs is 1. The minimum absolute atomic E-state index is 0.0179. The molecule has 1 fully saturated rings. The van der Waals surface area contributed by atoms with Gasteiger partial charge in [0.25, 0.3) is 5.56 Å². The van der Waals surface area contributed by atoms with Crippen LogP contribution in [0.5, 0.6) is 0 Å². The van der Waals surface area contributed by atoms with Crippen molar-refractivity contribution in [1.29, 1.82) is 0 Å². The van der Waals surface area contributed by atoms with E-state index in [1.54, 1.807) is 30.2 Å². The summed E-state index contributed by atoms with van der Waals surface area (Å²) < 4.78 is 30.2. The molecule has 0 spiro atoms. The van der Waals surface area contributed by atoms with Crippen molar-refractivity contribution in [1.82, 2.24) is 14.5 Å². The van der Waals surface area contributed by atoms with Gasteiger partial charge in [-0.3, -0.25) is 14.2 Å². The smallest absolute Gasteiger partial charge is 0.262 e. The van der Waals surface area contributed by atoms with Gasteiger partial charge in [-0.25, -0.2) is 13.4 Å². The highest BCUT2D eigenvalue weighted by Gasteiger charge is 2.33. The van der Waals surface area contributed by atoms with Crippen molar-refractivity contribution < 1.29 is 17.9 Å². The van der Waals surface area contributed by atoms with E-state index < -0.39 is 9.84 Å². The Labute approximate surface area is 174 Å². The number of para-hydroxylation sites is 1. The molecule has 8 nitrogen and oxygen atoms in total. The molecule has 1 aromatic heterocycles. The van der Waals surface area contributed by atoms with Crippen LogP contribution in [-0.2, 0) is 25.9 Å². The third kappa shape index (κ3) is 4.99. The van der Waals surface area contributed by atoms with E-state index in [4.69, 9.17) is 4.74 Å². The molecule has 0 N–H and O–H groups in total. The topological polar surface area (TPSA) is 98.6 Å². The molecule has 0 radical (unpaired) electrons. The van der Waals surface area contributed by atoms with Crippen LogP contribution in [0, 0.1) is 0 Å². The molecule has 3 rings (SSSR count). The van der Waals surface area contributed by atoms with Crippen LogP contribution in [0.4, 0.5) is 0 Å². The van der Waals surface area contributed by atoms with E-state index in [0.29, 0.717) is 42.2 Å². The highest BCUT2D eigenvalue weighted by atomic mass is 32.2. The number of rotatable bonds is 8. The molecule has 10 heteroatoms. The van der Waals surface area contributed by atoms with E-state index in [-0.39, 0.29) is 34.8 Å². The van der Waals surface area contributed by atoms with E-state index in [2.05, 4.69) is 4.98 Å². The average molecular weight is 440 g/mol. The largest absolute Gasteiger partial charge is 0.383 e. The fourth-order valence-corrected chi connectivity index (χ4v) is 6.15. The Morgan fingerprint density at radius 2 is 2.14 bits per heavy atom. The zero-order chi connectivity index (χ0) is 21.0. The number of ether oxygens (including phenoxy) is 1. The summed E-state index contributed by atoms with van der Waals surface area (Å²) >= 11 is 1.19. The van der Waals surface area contributed by atoms with E-state index >= 15 is 0 Å². The van der Waals surface area contributed by atoms with Gasteiger partial charge in [0.05, 0.1) is 41.3 Å². The SMILES string of the molecule is CCN(C(=O)CSc1nc2ccccc2c(=O)n1CCOC)[C@@H]1CCS(=O)(=O)C1. The van der Waals surface area contributed by atoms with Crippen molar-refractivity contribution in [2.24, 2.45) is 0 Å². The van der Waals surface area contributed by atoms with Crippen molar-refractivity contribution in [2.45, 2.75) is 31.1 Å². The van der Waals surface area contributed by atoms with E-state index in [1.807, 2.05) is 13.0 Å². The number of carbonyl (C=O) groups is 1. The summed E-state index contributed by atoms with van der Waals surface area (Å²) in [6.45, 7) is 2.97. The van der Waals surface area contributed by atoms with Gasteiger partial charge in [0, 0.05) is 19.7 Å². The van der Waals surface area contributed by atoms with Gasteiger partial charge in [0.2, 0.25) is 5.91 Å². The molecule has 1 saturated heterocycles. The lowest BCUT2D eigenvalue weighted by molar-refractivity contribution is -0.129. The summed E-state index contributed by atoms with van der Waals surface area (Å²) in [5.74, 6) is 0.0732. The first-order valence-electron chi connectivity index (χ1n) is 9.47. The zero-order valence-electron chi connectivity index (χ0n) is 16.5. The van der Waals surface area contributed by atoms with Gasteiger partial charge < -0.3 is 9.64 Å². The van der Waals surface area contributed by atoms with Crippen LogP contribution in [0.15, 0.2) is 34.2 Å². The van der Waals surface area contributed by atoms with E-state index in [9.17, 15) is 18.0 Å². The number of methoxy groups -OCH3 is 1. The summed E-state index contributed by atoms with van der Waals surface area (Å²) in [5, 5.41) is 0.972. The quantitative estimate of drug-likeness (QED) is 0.450. The molecule has 0 saturated carbocycles. The fraction of sp³-hybridized carbons (Fsp3) is 0.526. The van der Waals surface area contributed by atoms with Gasteiger partial charge in [-0.05, 0) is 25.5 Å². The lowest BCUT2D eigenvalue weighted by Gasteiger charge is -2.26. The monoisotopic (exact) mass is 439 g/mol. The van der Waals surface area contributed by atoms with Crippen LogP contribution in [0.25, 0.3) is 10.9 Å². The first kappa shape index (κ1) is 21.8. The number of benzene rings is 1. The maximum atomic E-state index is 12.9. The highest BCUT2D eigenvalue weighted by Crippen LogP contribution is 2.22. The van der Waals surface area contributed by atoms with Crippen LogP contribution in [-0.4, -0.2) is 72.3 Å². The van der Waals surface area contributed by atoms with E-state index in [1.165, 1.54) is 16.3 Å². The maximum absolute atomic E-state index is 12.9. The normalized spacial score (nSPS) is 18.2. The number of hydrogen-bond acceptors (Lipinski definition) is 7. The zero-order valence-corrected chi connectivity index (χ0v) is 18.2. The molecular weight excluding hydrogens is 414 g/mol. The minimum Gasteiger partial charge on any atom is -0.383 e. The van der Waals surface area contributed by atoms with Crippen molar-refractivity contribution in [3.63, 3.8) is 0 Å². The molecule has 29 heavy (non-hydrogen) atoms. The predicted octanol–water partition coefficient (Wildman–Crippen LogP) is 1.17. The average Bonchev–Trinajstić information content (AvgIpc) is 3.05. The van der Waals surface area contributed by atoms with Gasteiger partial charge in [0.15, 0.2) is 15.0 Å². The Bertz CT molecular complexity index is 1050. The molecule has 1 amide bonds. The number of carbonyl (C=O) groups excluding carboxylic acids is 1. The maximum Gasteiger partial charge on any atom is 0.262 e. The predicted molar refractivity (Wildman–Crippen MR) is 113 cm³/mol. The molecule has 1 aromatic carbocycles. The molecule has 1 aliphatic rings. The van der Waals surface area contributed by atoms with Crippen molar-refractivity contribution in [2.75, 3.05) is 37.5 Å². The molecule has 0 unspecified atom stereocenters. The van der Waals surface area contributed by atoms with Crippen LogP contribution < -0.4 is 5.56 Å². The number of hydrogen-bond donors (Lipinski definition) is 0. The Kier molecular flexibility index (Phi) is 6.97. The molecule has 1 atom stereocenters. The van der Waals surface area contributed by atoms with Crippen LogP contribution in [0.2, 0.25) is 0 Å². The second-order valence-corrected chi connectivity index (χ2v) is 10.1. The van der Waals surface area contributed by atoms with Gasteiger partial charge in [-0.2, -0.15) is 0 Å². The Hall–Kier alpha value is -1.91. The number of thioether (sulfide) groups is 1. The summed E-state index contributed by atoms with van der Waals surface area (Å²) in [4.78, 5) is 31.8. The molecule has 0 aliphatic carbocycles. The first-order chi connectivity index (χ1) is 13.9. The lowest BCUT2D eigenvalue weighted by atomic mass is 10.2. The molecule has 2 heterocycles. The van der Waals surface area contributed by atoms with Crippen molar-refractivity contribution >= 4 is 38.4 Å². The number of amides is 1. The van der Waals surface area contributed by atoms with Crippen molar-refractivity contribution in [3.05, 3.63) is 34.6 Å². The third-order valence-corrected chi connectivity index (χ3v) is 7.69. The summed E-state index contributed by atoms with van der Waals surface area (Å²) in [7, 11) is -1.51. The fourth-order valence-electron chi connectivity index (χ4n) is 3.51. The second kappa shape index (κ2) is 9.27. The molecule has 1 aliphatic heterocycles. The lowest BCUT2D eigenvalue weighted by Crippen LogP contribution is -2.42. The summed E-state index contributed by atoms with van der Waals surface area (Å²) in [5.41, 5.74) is 0.409. The van der Waals surface area contributed by atoms with E-state index in [0.717, 1.165) is 0 Å². The summed E-state index contributed by atoms with van der Waals surface area (Å²) in [6.07, 6.45) is 0.472. The van der Waals surface area contributed by atoms with Crippen molar-refractivity contribution in [3.8, 4) is 0 Å². The highest BCUT2D eigenvalue weighted by molar-refractivity contribution is 7.99. The van der Waals surface area contributed by atoms with Crippen LogP contribution in [0.3, 0.4) is 0 Å². The second-order valence-electron chi connectivity index (χ2n) is 6.89. The number of nitrogens with zero attached hydrogens (tertiary/aromatic N) is 3. The Morgan fingerprint density at radius 1 is 1.38 bits per heavy atom. The Balaban J connectivity index is 1.81. The molecule has 0 bridgehead atoms.